The van der Waals surface area contributed by atoms with Crippen LogP contribution in [0.4, 0.5) is 0 Å². The molecular weight excluding hydrogens is 412 g/mol. The molecule has 3 aromatic rings. The van der Waals surface area contributed by atoms with Gasteiger partial charge in [0.25, 0.3) is 5.91 Å². The van der Waals surface area contributed by atoms with E-state index in [9.17, 15) is 4.79 Å². The van der Waals surface area contributed by atoms with Gasteiger partial charge in [-0.3, -0.25) is 4.79 Å². The van der Waals surface area contributed by atoms with Gasteiger partial charge < -0.3 is 15.1 Å². The number of fused-ring (bicyclic) bond motifs is 3. The predicted octanol–water partition coefficient (Wildman–Crippen LogP) is 5.22. The minimum Gasteiger partial charge on any atom is -0.451 e. The smallest absolute Gasteiger partial charge is 0.287 e. The van der Waals surface area contributed by atoms with Gasteiger partial charge in [-0.05, 0) is 43.2 Å². The summed E-state index contributed by atoms with van der Waals surface area (Å²) in [5.41, 5.74) is 1.79. The molecule has 0 saturated carbocycles. The van der Waals surface area contributed by atoms with Gasteiger partial charge in [0.2, 0.25) is 0 Å². The maximum absolute atomic E-state index is 13.1. The summed E-state index contributed by atoms with van der Waals surface area (Å²) in [4.78, 5) is 13.1. The second kappa shape index (κ2) is 8.49. The molecule has 4 nitrogen and oxygen atoms in total. The number of amides is 1. The van der Waals surface area contributed by atoms with Gasteiger partial charge in [-0.15, -0.1) is 35.5 Å². The zero-order valence-electron chi connectivity index (χ0n) is 15.4. The minimum absolute atomic E-state index is 0. The molecule has 148 valence electrons. The lowest BCUT2D eigenvalue weighted by atomic mass is 9.99. The third-order valence-electron chi connectivity index (χ3n) is 5.57. The van der Waals surface area contributed by atoms with Crippen molar-refractivity contribution < 1.29 is 9.21 Å². The molecule has 2 unspecified atom stereocenters. The predicted molar refractivity (Wildman–Crippen MR) is 118 cm³/mol. The van der Waals surface area contributed by atoms with Crippen molar-refractivity contribution in [1.82, 2.24) is 10.6 Å². The van der Waals surface area contributed by atoms with Gasteiger partial charge in [-0.25, -0.2) is 0 Å². The van der Waals surface area contributed by atoms with Crippen LogP contribution in [-0.2, 0) is 5.75 Å². The molecule has 0 spiro atoms. The molecule has 0 aliphatic carbocycles. The summed E-state index contributed by atoms with van der Waals surface area (Å²) in [6, 6.07) is 13.5. The van der Waals surface area contributed by atoms with E-state index in [4.69, 9.17) is 4.42 Å². The first kappa shape index (κ1) is 19.8. The Kier molecular flexibility index (Phi) is 6.01. The van der Waals surface area contributed by atoms with Crippen molar-refractivity contribution in [1.29, 1.82) is 0 Å². The van der Waals surface area contributed by atoms with Crippen LogP contribution in [0.2, 0.25) is 0 Å². The lowest BCUT2D eigenvalue weighted by Gasteiger charge is -2.29. The van der Waals surface area contributed by atoms with E-state index in [1.165, 1.54) is 17.1 Å². The number of hydrogen-bond acceptors (Lipinski definition) is 5. The van der Waals surface area contributed by atoms with Gasteiger partial charge in [-0.1, -0.05) is 24.3 Å². The molecule has 1 aromatic carbocycles. The Balaban J connectivity index is 0.00000192. The van der Waals surface area contributed by atoms with Gasteiger partial charge in [0.05, 0.1) is 4.21 Å². The van der Waals surface area contributed by atoms with E-state index < -0.39 is 0 Å². The summed E-state index contributed by atoms with van der Waals surface area (Å²) >= 11 is 3.48. The van der Waals surface area contributed by atoms with E-state index in [0.29, 0.717) is 17.8 Å². The lowest BCUT2D eigenvalue weighted by molar-refractivity contribution is 0.0897. The Morgan fingerprint density at radius 2 is 1.96 bits per heavy atom. The van der Waals surface area contributed by atoms with Crippen LogP contribution in [-0.4, -0.2) is 24.0 Å². The number of piperidine rings is 1. The number of para-hydroxylation sites is 1. The first-order chi connectivity index (χ1) is 13.3. The molecule has 4 heterocycles. The topological polar surface area (TPSA) is 54.3 Å². The average molecular weight is 435 g/mol. The van der Waals surface area contributed by atoms with Crippen molar-refractivity contribution >= 4 is 52.4 Å². The van der Waals surface area contributed by atoms with Crippen LogP contribution < -0.4 is 10.6 Å². The number of carbonyl (C=O) groups is 1. The van der Waals surface area contributed by atoms with Crippen molar-refractivity contribution in [3.05, 3.63) is 53.1 Å². The number of rotatable bonds is 5. The highest BCUT2D eigenvalue weighted by Gasteiger charge is 2.34. The van der Waals surface area contributed by atoms with Gasteiger partial charge in [-0.2, -0.15) is 0 Å². The second-order valence-electron chi connectivity index (χ2n) is 7.41. The fraction of sp³-hybridized carbons (Fsp3) is 0.381. The Hall–Kier alpha value is -1.47. The Morgan fingerprint density at radius 3 is 2.71 bits per heavy atom. The summed E-state index contributed by atoms with van der Waals surface area (Å²) in [6.07, 6.45) is 4.48. The SMILES string of the molecule is Cl.O=C(NC1CC2CCC(C1)N2)c1oc2ccccc2c1CSc1cccs1. The van der Waals surface area contributed by atoms with E-state index in [-0.39, 0.29) is 24.4 Å². The molecule has 0 radical (unpaired) electrons. The minimum atomic E-state index is -0.0701. The molecule has 1 amide bonds. The molecule has 2 bridgehead atoms. The summed E-state index contributed by atoms with van der Waals surface area (Å²) in [5, 5.41) is 9.99. The number of nitrogens with one attached hydrogen (secondary N) is 2. The van der Waals surface area contributed by atoms with Crippen molar-refractivity contribution in [3.8, 4) is 0 Å². The number of thioether (sulfide) groups is 1. The lowest BCUT2D eigenvalue weighted by Crippen LogP contribution is -2.48. The second-order valence-corrected chi connectivity index (χ2v) is 9.63. The summed E-state index contributed by atoms with van der Waals surface area (Å²) in [5.74, 6) is 1.14. The van der Waals surface area contributed by atoms with Crippen molar-refractivity contribution in [2.45, 2.75) is 53.8 Å². The molecule has 5 rings (SSSR count). The molecular formula is C21H23ClN2O2S2. The average Bonchev–Trinajstić information content (AvgIpc) is 3.39. The molecule has 28 heavy (non-hydrogen) atoms. The number of carbonyl (C=O) groups excluding carboxylic acids is 1. The highest BCUT2D eigenvalue weighted by atomic mass is 35.5. The number of hydrogen-bond donors (Lipinski definition) is 2. The van der Waals surface area contributed by atoms with Gasteiger partial charge in [0.15, 0.2) is 5.76 Å². The zero-order chi connectivity index (χ0) is 18.2. The quantitative estimate of drug-likeness (QED) is 0.540. The molecule has 2 N–H and O–H groups in total. The molecule has 2 aromatic heterocycles. The highest BCUT2D eigenvalue weighted by molar-refractivity contribution is 8.00. The van der Waals surface area contributed by atoms with E-state index in [1.807, 2.05) is 24.3 Å². The molecule has 7 heteroatoms. The van der Waals surface area contributed by atoms with Crippen molar-refractivity contribution in [2.75, 3.05) is 0 Å². The van der Waals surface area contributed by atoms with Crippen molar-refractivity contribution in [2.24, 2.45) is 0 Å². The maximum Gasteiger partial charge on any atom is 0.287 e. The summed E-state index contributed by atoms with van der Waals surface area (Å²) in [6.45, 7) is 0. The van der Waals surface area contributed by atoms with E-state index in [0.717, 1.165) is 35.1 Å². The number of furan rings is 1. The third-order valence-corrected chi connectivity index (χ3v) is 7.72. The Labute approximate surface area is 178 Å². The Bertz CT molecular complexity index is 945. The van der Waals surface area contributed by atoms with E-state index >= 15 is 0 Å². The zero-order valence-corrected chi connectivity index (χ0v) is 17.8. The van der Waals surface area contributed by atoms with E-state index in [2.05, 4.69) is 28.1 Å². The van der Waals surface area contributed by atoms with Gasteiger partial charge in [0, 0.05) is 34.8 Å². The van der Waals surface area contributed by atoms with Crippen LogP contribution in [0.5, 0.6) is 0 Å². The number of benzene rings is 1. The van der Waals surface area contributed by atoms with Gasteiger partial charge >= 0.3 is 0 Å². The summed E-state index contributed by atoms with van der Waals surface area (Å²) < 4.78 is 7.26. The maximum atomic E-state index is 13.1. The van der Waals surface area contributed by atoms with Crippen molar-refractivity contribution in [3.63, 3.8) is 0 Å². The largest absolute Gasteiger partial charge is 0.451 e. The van der Waals surface area contributed by atoms with Crippen LogP contribution in [0.25, 0.3) is 11.0 Å². The Morgan fingerprint density at radius 1 is 1.18 bits per heavy atom. The molecule has 2 aliphatic heterocycles. The standard InChI is InChI=1S/C21H22N2O2S2.ClH/c24-21(23-15-10-13-7-8-14(11-15)22-13)20-17(12-27-19-6-3-9-26-19)16-4-1-2-5-18(16)25-20;/h1-6,9,13-15,22H,7-8,10-12H2,(H,23,24);1H. The van der Waals surface area contributed by atoms with Crippen LogP contribution in [0.3, 0.4) is 0 Å². The molecule has 2 atom stereocenters. The van der Waals surface area contributed by atoms with Crippen LogP contribution in [0, 0.1) is 0 Å². The first-order valence-corrected chi connectivity index (χ1v) is 11.4. The molecule has 2 fully saturated rings. The fourth-order valence-corrected chi connectivity index (χ4v) is 6.15. The molecule has 2 saturated heterocycles. The van der Waals surface area contributed by atoms with Gasteiger partial charge in [0.1, 0.15) is 5.58 Å². The first-order valence-electron chi connectivity index (χ1n) is 9.50. The molecule has 2 aliphatic rings. The van der Waals surface area contributed by atoms with E-state index in [1.54, 1.807) is 23.1 Å². The highest BCUT2D eigenvalue weighted by Crippen LogP contribution is 2.34. The summed E-state index contributed by atoms with van der Waals surface area (Å²) in [7, 11) is 0. The third kappa shape index (κ3) is 3.96. The monoisotopic (exact) mass is 434 g/mol. The fourth-order valence-electron chi connectivity index (χ4n) is 4.34. The normalized spacial score (nSPS) is 23.5. The van der Waals surface area contributed by atoms with Crippen LogP contribution >= 0.6 is 35.5 Å². The van der Waals surface area contributed by atoms with Crippen LogP contribution in [0.15, 0.2) is 50.4 Å². The number of thiophene rings is 1. The number of halogens is 1. The van der Waals surface area contributed by atoms with Crippen LogP contribution in [0.1, 0.15) is 41.8 Å².